The summed E-state index contributed by atoms with van der Waals surface area (Å²) < 4.78 is 49.1. The number of likely N-dealkylation sites (tertiary alicyclic amines) is 1. The molecule has 1 saturated carbocycles. The largest absolute Gasteiger partial charge is 0.494 e. The van der Waals surface area contributed by atoms with Gasteiger partial charge in [-0.25, -0.2) is 0 Å². The smallest absolute Gasteiger partial charge is 0.401 e. The highest BCUT2D eigenvalue weighted by Crippen LogP contribution is 2.43. The predicted octanol–water partition coefficient (Wildman–Crippen LogP) is 4.43. The van der Waals surface area contributed by atoms with Gasteiger partial charge in [0.15, 0.2) is 0 Å². The fraction of sp³-hybridized carbons (Fsp3) is 0.625. The number of anilines is 1. The second-order valence-electron chi connectivity index (χ2n) is 10.2. The molecule has 2 aliphatic heterocycles. The van der Waals surface area contributed by atoms with E-state index in [0.29, 0.717) is 50.7 Å². The number of aromatic nitrogens is 1. The van der Waals surface area contributed by atoms with Gasteiger partial charge in [0, 0.05) is 30.2 Å². The van der Waals surface area contributed by atoms with Crippen molar-refractivity contribution in [2.45, 2.75) is 32.4 Å². The first-order valence-corrected chi connectivity index (χ1v) is 11.6. The van der Waals surface area contributed by atoms with Gasteiger partial charge in [0.25, 0.3) is 0 Å². The number of halogens is 3. The third-order valence-corrected chi connectivity index (χ3v) is 7.41. The molecule has 3 fully saturated rings. The third-order valence-electron chi connectivity index (χ3n) is 7.41. The summed E-state index contributed by atoms with van der Waals surface area (Å²) in [5, 5.41) is 3.89. The zero-order valence-electron chi connectivity index (χ0n) is 18.7. The fourth-order valence-corrected chi connectivity index (χ4v) is 5.59. The van der Waals surface area contributed by atoms with Gasteiger partial charge in [0.1, 0.15) is 5.75 Å². The Kier molecular flexibility index (Phi) is 5.81. The minimum absolute atomic E-state index is 0.0541. The summed E-state index contributed by atoms with van der Waals surface area (Å²) in [7, 11) is 0. The maximum atomic E-state index is 12.6. The molecule has 6 nitrogen and oxygen atoms in total. The molecule has 3 atom stereocenters. The lowest BCUT2D eigenvalue weighted by molar-refractivity contribution is -0.152. The SMILES string of the molecule is CC1(C(=O)Nc2c[nH]c3ccc(OCCC4C[C@@H]5CN(CC(F)(F)F)C[C@@H]5C4)cc23)COC1. The molecule has 1 aliphatic carbocycles. The van der Waals surface area contributed by atoms with Crippen LogP contribution in [0.15, 0.2) is 24.4 Å². The molecule has 33 heavy (non-hydrogen) atoms. The number of hydrogen-bond acceptors (Lipinski definition) is 4. The number of carbonyl (C=O) groups is 1. The maximum Gasteiger partial charge on any atom is 0.401 e. The van der Waals surface area contributed by atoms with Gasteiger partial charge in [0.2, 0.25) is 5.91 Å². The zero-order chi connectivity index (χ0) is 23.2. The van der Waals surface area contributed by atoms with Crippen molar-refractivity contribution in [2.24, 2.45) is 23.2 Å². The lowest BCUT2D eigenvalue weighted by Gasteiger charge is -2.36. The molecule has 1 amide bonds. The van der Waals surface area contributed by atoms with Crippen LogP contribution in [0.5, 0.6) is 5.75 Å². The Bertz CT molecular complexity index is 1000. The van der Waals surface area contributed by atoms with E-state index in [1.54, 1.807) is 11.1 Å². The second kappa shape index (κ2) is 8.51. The van der Waals surface area contributed by atoms with Crippen LogP contribution in [-0.2, 0) is 9.53 Å². The van der Waals surface area contributed by atoms with Gasteiger partial charge >= 0.3 is 6.18 Å². The summed E-state index contributed by atoms with van der Waals surface area (Å²) >= 11 is 0. The average Bonchev–Trinajstić information content (AvgIpc) is 3.38. The van der Waals surface area contributed by atoms with E-state index in [1.807, 2.05) is 25.1 Å². The molecule has 2 saturated heterocycles. The molecule has 1 aromatic heterocycles. The highest BCUT2D eigenvalue weighted by molar-refractivity contribution is 6.04. The van der Waals surface area contributed by atoms with Gasteiger partial charge in [-0.3, -0.25) is 9.69 Å². The Morgan fingerprint density at radius 3 is 2.64 bits per heavy atom. The molecule has 2 N–H and O–H groups in total. The van der Waals surface area contributed by atoms with E-state index in [2.05, 4.69) is 10.3 Å². The van der Waals surface area contributed by atoms with Crippen molar-refractivity contribution in [1.29, 1.82) is 0 Å². The first-order valence-electron chi connectivity index (χ1n) is 11.6. The number of nitrogens with zero attached hydrogens (tertiary/aromatic N) is 1. The van der Waals surface area contributed by atoms with E-state index in [4.69, 9.17) is 9.47 Å². The van der Waals surface area contributed by atoms with Crippen molar-refractivity contribution >= 4 is 22.5 Å². The van der Waals surface area contributed by atoms with E-state index in [0.717, 1.165) is 41.6 Å². The lowest BCUT2D eigenvalue weighted by atomic mass is 9.87. The Morgan fingerprint density at radius 1 is 1.27 bits per heavy atom. The van der Waals surface area contributed by atoms with E-state index in [9.17, 15) is 18.0 Å². The zero-order valence-corrected chi connectivity index (χ0v) is 18.7. The van der Waals surface area contributed by atoms with Crippen LogP contribution in [-0.4, -0.2) is 61.4 Å². The molecule has 9 heteroatoms. The van der Waals surface area contributed by atoms with E-state index >= 15 is 0 Å². The van der Waals surface area contributed by atoms with Crippen molar-refractivity contribution in [3.8, 4) is 5.75 Å². The Hall–Kier alpha value is -2.26. The van der Waals surface area contributed by atoms with Gasteiger partial charge < -0.3 is 19.8 Å². The summed E-state index contributed by atoms with van der Waals surface area (Å²) in [5.41, 5.74) is 1.15. The van der Waals surface area contributed by atoms with Crippen LogP contribution >= 0.6 is 0 Å². The van der Waals surface area contributed by atoms with Crippen LogP contribution in [0.25, 0.3) is 10.9 Å². The molecule has 0 bridgehead atoms. The summed E-state index contributed by atoms with van der Waals surface area (Å²) in [6.45, 7) is 3.66. The van der Waals surface area contributed by atoms with Crippen LogP contribution in [0, 0.1) is 23.2 Å². The highest BCUT2D eigenvalue weighted by atomic mass is 19.4. The summed E-state index contributed by atoms with van der Waals surface area (Å²) in [6, 6.07) is 5.77. The van der Waals surface area contributed by atoms with Crippen molar-refractivity contribution in [3.63, 3.8) is 0 Å². The first kappa shape index (κ1) is 22.5. The van der Waals surface area contributed by atoms with Gasteiger partial charge in [-0.2, -0.15) is 13.2 Å². The number of alkyl halides is 3. The number of hydrogen-bond donors (Lipinski definition) is 2. The van der Waals surface area contributed by atoms with Gasteiger partial charge in [0.05, 0.1) is 37.5 Å². The molecule has 1 aromatic carbocycles. The summed E-state index contributed by atoms with van der Waals surface area (Å²) in [5.74, 6) is 1.95. The number of fused-ring (bicyclic) bond motifs is 2. The Morgan fingerprint density at radius 2 is 2.00 bits per heavy atom. The highest BCUT2D eigenvalue weighted by Gasteiger charge is 2.44. The molecule has 1 unspecified atom stereocenters. The number of carbonyl (C=O) groups excluding carboxylic acids is 1. The minimum atomic E-state index is -4.11. The van der Waals surface area contributed by atoms with E-state index in [-0.39, 0.29) is 5.91 Å². The van der Waals surface area contributed by atoms with Crippen LogP contribution in [0.1, 0.15) is 26.2 Å². The van der Waals surface area contributed by atoms with Gasteiger partial charge in [-0.15, -0.1) is 0 Å². The van der Waals surface area contributed by atoms with E-state index in [1.165, 1.54) is 0 Å². The number of benzene rings is 1. The molecule has 0 spiro atoms. The first-order chi connectivity index (χ1) is 15.7. The lowest BCUT2D eigenvalue weighted by Crippen LogP contribution is -2.49. The van der Waals surface area contributed by atoms with Gasteiger partial charge in [-0.05, 0) is 62.1 Å². The number of nitrogens with one attached hydrogen (secondary N) is 2. The monoisotopic (exact) mass is 465 g/mol. The normalized spacial score (nSPS) is 26.8. The van der Waals surface area contributed by atoms with Crippen LogP contribution in [0.3, 0.4) is 0 Å². The third kappa shape index (κ3) is 4.84. The molecule has 3 aliphatic rings. The predicted molar refractivity (Wildman–Crippen MR) is 118 cm³/mol. The molecule has 5 rings (SSSR count). The van der Waals surface area contributed by atoms with Crippen molar-refractivity contribution in [2.75, 3.05) is 44.8 Å². The van der Waals surface area contributed by atoms with Crippen molar-refractivity contribution in [3.05, 3.63) is 24.4 Å². The number of ether oxygens (including phenoxy) is 2. The van der Waals surface area contributed by atoms with Crippen LogP contribution in [0.4, 0.5) is 18.9 Å². The molecule has 3 heterocycles. The van der Waals surface area contributed by atoms with E-state index < -0.39 is 18.1 Å². The molecule has 2 aromatic rings. The summed E-state index contributed by atoms with van der Waals surface area (Å²) in [4.78, 5) is 17.3. The molecular formula is C24H30F3N3O3. The maximum absolute atomic E-state index is 12.6. The van der Waals surface area contributed by atoms with Gasteiger partial charge in [-0.1, -0.05) is 0 Å². The quantitative estimate of drug-likeness (QED) is 0.635. The standard InChI is InChI=1S/C24H30F3N3O3/c1-23(13-32-14-23)22(31)29-21-9-28-20-3-2-18(8-19(20)21)33-5-4-15-6-16-10-30(11-17(16)7-15)12-24(25,26)27/h2-3,8-9,15-17,28H,4-7,10-14H2,1H3,(H,29,31)/t15?,16-,17+. The average molecular weight is 466 g/mol. The van der Waals surface area contributed by atoms with Crippen LogP contribution in [0.2, 0.25) is 0 Å². The second-order valence-corrected chi connectivity index (χ2v) is 10.2. The molecular weight excluding hydrogens is 435 g/mol. The summed E-state index contributed by atoms with van der Waals surface area (Å²) in [6.07, 6.45) is 0.544. The number of rotatable bonds is 7. The van der Waals surface area contributed by atoms with Crippen molar-refractivity contribution in [1.82, 2.24) is 9.88 Å². The fourth-order valence-electron chi connectivity index (χ4n) is 5.59. The minimum Gasteiger partial charge on any atom is -0.494 e. The van der Waals surface area contributed by atoms with Crippen LogP contribution < -0.4 is 10.1 Å². The number of amides is 1. The topological polar surface area (TPSA) is 66.6 Å². The Balaban J connectivity index is 1.12. The number of H-pyrrole nitrogens is 1. The number of aromatic amines is 1. The Labute approximate surface area is 190 Å². The molecule has 180 valence electrons. The molecule has 0 radical (unpaired) electrons. The van der Waals surface area contributed by atoms with Crippen molar-refractivity contribution < 1.29 is 27.4 Å².